The predicted molar refractivity (Wildman–Crippen MR) is 115 cm³/mol. The standard InChI is InChI=1S/C17H25ClFN3OS.HI/c1-3-24(23)13-7-4-6-12(10-13)22-17(20-2)21-11-14-15(18)8-5-9-16(14)19;/h5,8-9,12-13H,3-4,6-7,10-11H2,1-2H3,(H2,20,21,22);1H. The summed E-state index contributed by atoms with van der Waals surface area (Å²) in [6.07, 6.45) is 3.99. The summed E-state index contributed by atoms with van der Waals surface area (Å²) in [7, 11) is 0.925. The molecule has 1 aromatic carbocycles. The number of hydrogen-bond donors (Lipinski definition) is 2. The van der Waals surface area contributed by atoms with Gasteiger partial charge in [-0.15, -0.1) is 24.0 Å². The molecule has 0 radical (unpaired) electrons. The van der Waals surface area contributed by atoms with E-state index in [0.717, 1.165) is 25.7 Å². The van der Waals surface area contributed by atoms with Crippen LogP contribution in [0.5, 0.6) is 0 Å². The fourth-order valence-electron chi connectivity index (χ4n) is 3.01. The summed E-state index contributed by atoms with van der Waals surface area (Å²) >= 11 is 6.04. The first-order valence-corrected chi connectivity index (χ1v) is 10.1. The molecule has 0 aliphatic heterocycles. The van der Waals surface area contributed by atoms with Crippen molar-refractivity contribution >= 4 is 52.3 Å². The molecule has 2 rings (SSSR count). The second kappa shape index (κ2) is 11.3. The molecule has 1 aromatic rings. The number of benzene rings is 1. The summed E-state index contributed by atoms with van der Waals surface area (Å²) in [5, 5.41) is 7.12. The van der Waals surface area contributed by atoms with Gasteiger partial charge in [-0.3, -0.25) is 9.20 Å². The molecule has 0 aromatic heterocycles. The third-order valence-electron chi connectivity index (χ3n) is 4.34. The van der Waals surface area contributed by atoms with Crippen LogP contribution in [0.1, 0.15) is 38.2 Å². The molecule has 8 heteroatoms. The van der Waals surface area contributed by atoms with Crippen molar-refractivity contribution in [3.05, 3.63) is 34.6 Å². The van der Waals surface area contributed by atoms with E-state index >= 15 is 0 Å². The minimum Gasteiger partial charge on any atom is -0.354 e. The van der Waals surface area contributed by atoms with Crippen molar-refractivity contribution in [1.29, 1.82) is 0 Å². The van der Waals surface area contributed by atoms with E-state index in [1.807, 2.05) is 6.92 Å². The maximum Gasteiger partial charge on any atom is 0.191 e. The van der Waals surface area contributed by atoms with Crippen LogP contribution < -0.4 is 10.6 Å². The highest BCUT2D eigenvalue weighted by Crippen LogP contribution is 2.23. The van der Waals surface area contributed by atoms with Gasteiger partial charge < -0.3 is 10.6 Å². The Bertz CT molecular complexity index is 597. The van der Waals surface area contributed by atoms with Crippen molar-refractivity contribution < 1.29 is 8.60 Å². The maximum atomic E-state index is 13.8. The van der Waals surface area contributed by atoms with E-state index in [2.05, 4.69) is 15.6 Å². The number of nitrogens with zero attached hydrogens (tertiary/aromatic N) is 1. The number of halogens is 3. The zero-order chi connectivity index (χ0) is 17.5. The lowest BCUT2D eigenvalue weighted by Crippen LogP contribution is -2.46. The van der Waals surface area contributed by atoms with Gasteiger partial charge in [0.25, 0.3) is 0 Å². The van der Waals surface area contributed by atoms with E-state index < -0.39 is 10.8 Å². The minimum absolute atomic E-state index is 0. The Hall–Kier alpha value is -0.410. The Labute approximate surface area is 173 Å². The van der Waals surface area contributed by atoms with Crippen LogP contribution in [0.4, 0.5) is 4.39 Å². The Morgan fingerprint density at radius 3 is 2.84 bits per heavy atom. The third kappa shape index (κ3) is 6.67. The molecule has 3 unspecified atom stereocenters. The summed E-state index contributed by atoms with van der Waals surface area (Å²) in [4.78, 5) is 4.20. The second-order valence-electron chi connectivity index (χ2n) is 5.93. The van der Waals surface area contributed by atoms with Crippen LogP contribution >= 0.6 is 35.6 Å². The van der Waals surface area contributed by atoms with Crippen LogP contribution in [0.2, 0.25) is 5.02 Å². The summed E-state index contributed by atoms with van der Waals surface area (Å²) in [6, 6.07) is 4.89. The summed E-state index contributed by atoms with van der Waals surface area (Å²) in [6.45, 7) is 2.23. The second-order valence-corrected chi connectivity index (χ2v) is 8.34. The van der Waals surface area contributed by atoms with Crippen LogP contribution in [-0.2, 0) is 17.3 Å². The Morgan fingerprint density at radius 2 is 2.20 bits per heavy atom. The molecule has 1 saturated carbocycles. The summed E-state index contributed by atoms with van der Waals surface area (Å²) < 4.78 is 25.9. The molecular weight excluding hydrogens is 476 g/mol. The molecule has 3 atom stereocenters. The van der Waals surface area contributed by atoms with Gasteiger partial charge in [-0.25, -0.2) is 4.39 Å². The van der Waals surface area contributed by atoms with E-state index in [4.69, 9.17) is 11.6 Å². The van der Waals surface area contributed by atoms with E-state index in [-0.39, 0.29) is 47.6 Å². The van der Waals surface area contributed by atoms with Gasteiger partial charge in [-0.2, -0.15) is 0 Å². The van der Waals surface area contributed by atoms with Gasteiger partial charge in [0, 0.05) is 52.0 Å². The normalized spacial score (nSPS) is 22.0. The Balaban J connectivity index is 0.00000312. The average molecular weight is 502 g/mol. The summed E-state index contributed by atoms with van der Waals surface area (Å²) in [5.74, 6) is 0.986. The van der Waals surface area contributed by atoms with Gasteiger partial charge in [-0.1, -0.05) is 31.0 Å². The molecule has 0 spiro atoms. The van der Waals surface area contributed by atoms with Crippen LogP contribution in [0.25, 0.3) is 0 Å². The SMILES string of the molecule is CCS(=O)C1CCCC(NC(=NC)NCc2c(F)cccc2Cl)C1.I. The number of rotatable bonds is 5. The Kier molecular flexibility index (Phi) is 10.3. The van der Waals surface area contributed by atoms with Crippen molar-refractivity contribution in [2.24, 2.45) is 4.99 Å². The molecule has 0 saturated heterocycles. The largest absolute Gasteiger partial charge is 0.354 e. The van der Waals surface area contributed by atoms with Gasteiger partial charge in [0.1, 0.15) is 5.82 Å². The lowest BCUT2D eigenvalue weighted by molar-refractivity contribution is 0.413. The fourth-order valence-corrected chi connectivity index (χ4v) is 4.59. The van der Waals surface area contributed by atoms with Crippen molar-refractivity contribution in [3.8, 4) is 0 Å². The molecule has 4 nitrogen and oxygen atoms in total. The molecule has 0 bridgehead atoms. The van der Waals surface area contributed by atoms with Crippen LogP contribution in [0.15, 0.2) is 23.2 Å². The van der Waals surface area contributed by atoms with Crippen molar-refractivity contribution in [2.75, 3.05) is 12.8 Å². The summed E-state index contributed by atoms with van der Waals surface area (Å²) in [5.41, 5.74) is 0.427. The van der Waals surface area contributed by atoms with Gasteiger partial charge in [-0.05, 0) is 31.4 Å². The number of hydrogen-bond acceptors (Lipinski definition) is 2. The molecule has 142 valence electrons. The van der Waals surface area contributed by atoms with Gasteiger partial charge >= 0.3 is 0 Å². The van der Waals surface area contributed by atoms with Gasteiger partial charge in [0.05, 0.1) is 0 Å². The van der Waals surface area contributed by atoms with Gasteiger partial charge in [0.15, 0.2) is 5.96 Å². The first-order valence-electron chi connectivity index (χ1n) is 8.32. The zero-order valence-corrected chi connectivity index (χ0v) is 18.5. The first kappa shape index (κ1) is 22.6. The molecule has 1 aliphatic rings. The fraction of sp³-hybridized carbons (Fsp3) is 0.588. The van der Waals surface area contributed by atoms with Crippen LogP contribution in [0, 0.1) is 5.82 Å². The smallest absolute Gasteiger partial charge is 0.191 e. The average Bonchev–Trinajstić information content (AvgIpc) is 2.59. The monoisotopic (exact) mass is 501 g/mol. The van der Waals surface area contributed by atoms with E-state index in [1.54, 1.807) is 19.2 Å². The van der Waals surface area contributed by atoms with E-state index in [9.17, 15) is 8.60 Å². The topological polar surface area (TPSA) is 53.5 Å². The van der Waals surface area contributed by atoms with E-state index in [0.29, 0.717) is 22.3 Å². The molecule has 1 aliphatic carbocycles. The lowest BCUT2D eigenvalue weighted by Gasteiger charge is -2.30. The number of guanidine groups is 1. The van der Waals surface area contributed by atoms with E-state index in [1.165, 1.54) is 6.07 Å². The lowest BCUT2D eigenvalue weighted by atomic mass is 9.95. The van der Waals surface area contributed by atoms with Gasteiger partial charge in [0.2, 0.25) is 0 Å². The number of nitrogens with one attached hydrogen (secondary N) is 2. The maximum absolute atomic E-state index is 13.8. The number of aliphatic imine (C=N–C) groups is 1. The molecule has 1 fully saturated rings. The van der Waals surface area contributed by atoms with Crippen LogP contribution in [-0.4, -0.2) is 34.3 Å². The van der Waals surface area contributed by atoms with Crippen molar-refractivity contribution in [3.63, 3.8) is 0 Å². The minimum atomic E-state index is -0.758. The molecule has 0 amide bonds. The molecule has 0 heterocycles. The quantitative estimate of drug-likeness (QED) is 0.366. The highest BCUT2D eigenvalue weighted by molar-refractivity contribution is 14.0. The molecule has 2 N–H and O–H groups in total. The first-order chi connectivity index (χ1) is 11.5. The van der Waals surface area contributed by atoms with Crippen molar-refractivity contribution in [1.82, 2.24) is 10.6 Å². The molecular formula is C17H26ClFIN3OS. The highest BCUT2D eigenvalue weighted by Gasteiger charge is 2.26. The third-order valence-corrected chi connectivity index (χ3v) is 6.44. The van der Waals surface area contributed by atoms with Crippen LogP contribution in [0.3, 0.4) is 0 Å². The van der Waals surface area contributed by atoms with Crippen molar-refractivity contribution in [2.45, 2.75) is 50.4 Å². The predicted octanol–water partition coefficient (Wildman–Crippen LogP) is 3.84. The molecule has 25 heavy (non-hydrogen) atoms. The Morgan fingerprint density at radius 1 is 1.44 bits per heavy atom. The zero-order valence-electron chi connectivity index (χ0n) is 14.6. The highest BCUT2D eigenvalue weighted by atomic mass is 127.